The Kier molecular flexibility index (Phi) is 6.48. The summed E-state index contributed by atoms with van der Waals surface area (Å²) in [7, 11) is 0. The molecule has 1 unspecified atom stereocenters. The Labute approximate surface area is 182 Å². The van der Waals surface area contributed by atoms with Crippen LogP contribution in [0.5, 0.6) is 0 Å². The zero-order chi connectivity index (χ0) is 22.8. The average molecular weight is 427 g/mol. The van der Waals surface area contributed by atoms with Gasteiger partial charge in [-0.25, -0.2) is 9.78 Å². The largest absolute Gasteiger partial charge is 0.444 e. The maximum absolute atomic E-state index is 13.5. The lowest BCUT2D eigenvalue weighted by Crippen LogP contribution is -2.45. The Morgan fingerprint density at radius 1 is 1.23 bits per heavy atom. The molecule has 2 heterocycles. The van der Waals surface area contributed by atoms with E-state index in [1.54, 1.807) is 11.8 Å². The van der Waals surface area contributed by atoms with Crippen LogP contribution in [-0.2, 0) is 22.5 Å². The van der Waals surface area contributed by atoms with Gasteiger partial charge in [-0.1, -0.05) is 30.3 Å². The van der Waals surface area contributed by atoms with Crippen LogP contribution in [0, 0.1) is 6.92 Å². The molecule has 1 aromatic heterocycles. The molecule has 1 aromatic carbocycles. The van der Waals surface area contributed by atoms with Crippen molar-refractivity contribution in [2.24, 2.45) is 0 Å². The normalized spacial score (nSPS) is 14.5. The van der Waals surface area contributed by atoms with E-state index in [0.29, 0.717) is 42.2 Å². The minimum Gasteiger partial charge on any atom is -0.444 e. The van der Waals surface area contributed by atoms with Gasteiger partial charge in [0.25, 0.3) is 5.56 Å². The average Bonchev–Trinajstić information content (AvgIpc) is 2.70. The van der Waals surface area contributed by atoms with E-state index in [9.17, 15) is 14.4 Å². The third-order valence-corrected chi connectivity index (χ3v) is 5.07. The molecule has 1 atom stereocenters. The van der Waals surface area contributed by atoms with Crippen LogP contribution in [0.2, 0.25) is 0 Å². The van der Waals surface area contributed by atoms with Crippen LogP contribution in [0.15, 0.2) is 35.1 Å². The fourth-order valence-corrected chi connectivity index (χ4v) is 3.73. The minimum atomic E-state index is -0.810. The van der Waals surface area contributed by atoms with Crippen LogP contribution in [-0.4, -0.2) is 45.1 Å². The van der Waals surface area contributed by atoms with Gasteiger partial charge in [0, 0.05) is 18.7 Å². The van der Waals surface area contributed by atoms with Gasteiger partial charge < -0.3 is 15.0 Å². The highest BCUT2D eigenvalue weighted by atomic mass is 16.6. The number of carbonyl (C=O) groups is 2. The third kappa shape index (κ3) is 4.95. The Morgan fingerprint density at radius 2 is 1.90 bits per heavy atom. The van der Waals surface area contributed by atoms with E-state index in [2.05, 4.69) is 10.3 Å². The molecule has 2 aromatic rings. The number of rotatable bonds is 4. The van der Waals surface area contributed by atoms with Crippen LogP contribution in [0.3, 0.4) is 0 Å². The van der Waals surface area contributed by atoms with Gasteiger partial charge in [-0.3, -0.25) is 14.2 Å². The summed E-state index contributed by atoms with van der Waals surface area (Å²) in [5.41, 5.74) is 0.965. The molecule has 1 aliphatic heterocycles. The quantitative estimate of drug-likeness (QED) is 0.811. The van der Waals surface area contributed by atoms with Gasteiger partial charge in [-0.15, -0.1) is 0 Å². The summed E-state index contributed by atoms with van der Waals surface area (Å²) in [6, 6.07) is 8.39. The van der Waals surface area contributed by atoms with Crippen molar-refractivity contribution in [3.8, 4) is 0 Å². The number of aryl methyl sites for hydroxylation is 1. The summed E-state index contributed by atoms with van der Waals surface area (Å²) in [5.74, 6) is 0.168. The molecular weight excluding hydrogens is 396 g/mol. The number of hydrogen-bond donors (Lipinski definition) is 1. The molecule has 166 valence electrons. The summed E-state index contributed by atoms with van der Waals surface area (Å²) >= 11 is 0. The molecule has 8 heteroatoms. The monoisotopic (exact) mass is 426 g/mol. The van der Waals surface area contributed by atoms with Crippen molar-refractivity contribution >= 4 is 12.0 Å². The number of amides is 2. The van der Waals surface area contributed by atoms with Crippen molar-refractivity contribution in [3.05, 3.63) is 63.3 Å². The first-order chi connectivity index (χ1) is 14.6. The van der Waals surface area contributed by atoms with Crippen molar-refractivity contribution in [3.63, 3.8) is 0 Å². The van der Waals surface area contributed by atoms with Gasteiger partial charge in [0.1, 0.15) is 17.5 Å². The number of likely N-dealkylation sites (N-methyl/N-ethyl adjacent to an activating group) is 1. The number of benzene rings is 1. The highest BCUT2D eigenvalue weighted by Gasteiger charge is 2.31. The van der Waals surface area contributed by atoms with Crippen molar-refractivity contribution in [1.29, 1.82) is 0 Å². The van der Waals surface area contributed by atoms with Crippen molar-refractivity contribution in [2.75, 3.05) is 13.1 Å². The molecule has 0 fully saturated rings. The summed E-state index contributed by atoms with van der Waals surface area (Å²) < 4.78 is 6.91. The van der Waals surface area contributed by atoms with Gasteiger partial charge in [0.05, 0.1) is 12.2 Å². The second kappa shape index (κ2) is 8.91. The van der Waals surface area contributed by atoms with Crippen LogP contribution in [0.1, 0.15) is 56.4 Å². The Balaban J connectivity index is 2.00. The summed E-state index contributed by atoms with van der Waals surface area (Å²) in [4.78, 5) is 45.0. The van der Waals surface area contributed by atoms with E-state index >= 15 is 0 Å². The summed E-state index contributed by atoms with van der Waals surface area (Å²) in [6.07, 6.45) is -0.0660. The first-order valence-electron chi connectivity index (χ1n) is 10.5. The van der Waals surface area contributed by atoms with Gasteiger partial charge in [-0.05, 0) is 46.6 Å². The highest BCUT2D eigenvalue weighted by Crippen LogP contribution is 2.22. The van der Waals surface area contributed by atoms with Gasteiger partial charge >= 0.3 is 6.09 Å². The van der Waals surface area contributed by atoms with Gasteiger partial charge in [0.15, 0.2) is 0 Å². The van der Waals surface area contributed by atoms with Crippen molar-refractivity contribution in [2.45, 2.75) is 59.2 Å². The Hall–Kier alpha value is -3.16. The molecule has 1 N–H and O–H groups in total. The van der Waals surface area contributed by atoms with E-state index in [0.717, 1.165) is 0 Å². The zero-order valence-corrected chi connectivity index (χ0v) is 18.8. The lowest BCUT2D eigenvalue weighted by atomic mass is 10.0. The van der Waals surface area contributed by atoms with E-state index < -0.39 is 17.7 Å². The van der Waals surface area contributed by atoms with Crippen LogP contribution >= 0.6 is 0 Å². The number of hydrogen-bond acceptors (Lipinski definition) is 5. The second-order valence-corrected chi connectivity index (χ2v) is 8.62. The predicted octanol–water partition coefficient (Wildman–Crippen LogP) is 2.57. The minimum absolute atomic E-state index is 0.207. The first kappa shape index (κ1) is 22.5. The molecule has 8 nitrogen and oxygen atoms in total. The molecule has 31 heavy (non-hydrogen) atoms. The zero-order valence-electron chi connectivity index (χ0n) is 18.8. The van der Waals surface area contributed by atoms with E-state index in [-0.39, 0.29) is 18.0 Å². The molecule has 1 aliphatic rings. The Bertz CT molecular complexity index is 1020. The van der Waals surface area contributed by atoms with Crippen LogP contribution in [0.25, 0.3) is 0 Å². The summed E-state index contributed by atoms with van der Waals surface area (Å²) in [6.45, 7) is 10.0. The second-order valence-electron chi connectivity index (χ2n) is 8.62. The predicted molar refractivity (Wildman–Crippen MR) is 117 cm³/mol. The lowest BCUT2D eigenvalue weighted by Gasteiger charge is -2.31. The van der Waals surface area contributed by atoms with E-state index in [4.69, 9.17) is 4.74 Å². The van der Waals surface area contributed by atoms with Gasteiger partial charge in [-0.2, -0.15) is 0 Å². The molecule has 0 radical (unpaired) electrons. The molecule has 3 rings (SSSR count). The lowest BCUT2D eigenvalue weighted by molar-refractivity contribution is -0.123. The smallest absolute Gasteiger partial charge is 0.410 e. The molecule has 0 saturated carbocycles. The number of fused-ring (bicyclic) bond motifs is 1. The fourth-order valence-electron chi connectivity index (χ4n) is 3.73. The number of ether oxygens (including phenoxy) is 1. The third-order valence-electron chi connectivity index (χ3n) is 5.07. The molecule has 0 bridgehead atoms. The summed E-state index contributed by atoms with van der Waals surface area (Å²) in [5, 5.41) is 2.82. The maximum Gasteiger partial charge on any atom is 0.410 e. The van der Waals surface area contributed by atoms with Crippen LogP contribution < -0.4 is 10.9 Å². The molecule has 0 saturated heterocycles. The highest BCUT2D eigenvalue weighted by molar-refractivity contribution is 5.83. The number of carbonyl (C=O) groups excluding carboxylic acids is 2. The van der Waals surface area contributed by atoms with E-state index in [1.807, 2.05) is 58.0 Å². The number of nitrogens with zero attached hydrogens (tertiary/aromatic N) is 3. The fraction of sp³-hybridized carbons (Fsp3) is 0.478. The first-order valence-corrected chi connectivity index (χ1v) is 10.5. The molecule has 0 spiro atoms. The maximum atomic E-state index is 13.5. The number of aromatic nitrogens is 2. The van der Waals surface area contributed by atoms with Crippen molar-refractivity contribution in [1.82, 2.24) is 19.8 Å². The molecule has 2 amide bonds. The number of nitrogens with one attached hydrogen (secondary N) is 1. The van der Waals surface area contributed by atoms with E-state index in [1.165, 1.54) is 4.57 Å². The standard InChI is InChI=1S/C23H30N4O4/c1-6-24-20(28)19(16-10-8-7-9-11-16)27-15(2)25-18-14-26(13-12-17(18)21(27)29)22(30)31-23(3,4)5/h7-11,19H,6,12-14H2,1-5H3,(H,24,28). The van der Waals surface area contributed by atoms with Gasteiger partial charge in [0.2, 0.25) is 5.91 Å². The molecular formula is C23H30N4O4. The van der Waals surface area contributed by atoms with Crippen LogP contribution in [0.4, 0.5) is 4.79 Å². The topological polar surface area (TPSA) is 93.5 Å². The van der Waals surface area contributed by atoms with Crippen molar-refractivity contribution < 1.29 is 14.3 Å². The molecule has 0 aliphatic carbocycles. The Morgan fingerprint density at radius 3 is 2.52 bits per heavy atom. The SMILES string of the molecule is CCNC(=O)C(c1ccccc1)n1c(C)nc2c(c1=O)CCN(C(=O)OC(C)(C)C)C2.